The van der Waals surface area contributed by atoms with E-state index in [2.05, 4.69) is 13.8 Å². The van der Waals surface area contributed by atoms with Gasteiger partial charge in [0.05, 0.1) is 23.4 Å². The van der Waals surface area contributed by atoms with E-state index in [0.717, 1.165) is 32.1 Å². The van der Waals surface area contributed by atoms with E-state index in [1.165, 1.54) is 0 Å². The summed E-state index contributed by atoms with van der Waals surface area (Å²) in [4.78, 5) is 11.8. The summed E-state index contributed by atoms with van der Waals surface area (Å²) >= 11 is 0. The average molecular weight is 537 g/mol. The van der Waals surface area contributed by atoms with Gasteiger partial charge in [-0.25, -0.2) is 8.78 Å². The van der Waals surface area contributed by atoms with Gasteiger partial charge < -0.3 is 19.7 Å². The lowest BCUT2D eigenvalue weighted by molar-refractivity contribution is -0.295. The molecule has 214 valence electrons. The van der Waals surface area contributed by atoms with Crippen molar-refractivity contribution in [3.8, 4) is 0 Å². The second-order valence-electron chi connectivity index (χ2n) is 16.1. The van der Waals surface area contributed by atoms with Crippen molar-refractivity contribution in [2.75, 3.05) is 0 Å². The fraction of sp³-hybridized carbons (Fsp3) is 0.968. The molecule has 0 aromatic heterocycles. The molecule has 0 bridgehead atoms. The summed E-state index contributed by atoms with van der Waals surface area (Å²) in [6.45, 7) is 12.1. The zero-order valence-corrected chi connectivity index (χ0v) is 23.9. The minimum absolute atomic E-state index is 0.0324. The Morgan fingerprint density at radius 2 is 1.71 bits per heavy atom. The van der Waals surface area contributed by atoms with Gasteiger partial charge in [0.1, 0.15) is 6.10 Å². The van der Waals surface area contributed by atoms with Crippen LogP contribution in [0, 0.1) is 50.7 Å². The van der Waals surface area contributed by atoms with Crippen LogP contribution in [0.5, 0.6) is 0 Å². The van der Waals surface area contributed by atoms with Crippen LogP contribution in [0.1, 0.15) is 99.3 Å². The first-order chi connectivity index (χ1) is 17.5. The number of fused-ring (bicyclic) bond motifs is 2. The topological polar surface area (TPSA) is 76.0 Å². The van der Waals surface area contributed by atoms with Crippen molar-refractivity contribution in [3.05, 3.63) is 0 Å². The van der Waals surface area contributed by atoms with Crippen molar-refractivity contribution in [2.24, 2.45) is 50.7 Å². The Hall–Kier alpha value is -0.790. The first kappa shape index (κ1) is 26.1. The number of rotatable bonds is 3. The third kappa shape index (κ3) is 2.47. The van der Waals surface area contributed by atoms with E-state index in [1.54, 1.807) is 27.7 Å². The number of hydrogen-bond acceptors (Lipinski definition) is 5. The number of carbonyl (C=O) groups excluding carboxylic acids is 1. The molecular weight excluding hydrogens is 490 g/mol. The molecule has 0 radical (unpaired) electrons. The van der Waals surface area contributed by atoms with Gasteiger partial charge in [-0.2, -0.15) is 0 Å². The molecule has 7 rings (SSSR count). The fourth-order valence-corrected chi connectivity index (χ4v) is 13.5. The molecule has 0 amide bonds. The van der Waals surface area contributed by atoms with Gasteiger partial charge in [-0.3, -0.25) is 4.79 Å². The van der Waals surface area contributed by atoms with Crippen LogP contribution < -0.4 is 0 Å². The molecule has 5 nitrogen and oxygen atoms in total. The van der Waals surface area contributed by atoms with Crippen molar-refractivity contribution in [3.63, 3.8) is 0 Å². The first-order valence-electron chi connectivity index (χ1n) is 15.1. The molecule has 38 heavy (non-hydrogen) atoms. The van der Waals surface area contributed by atoms with Crippen molar-refractivity contribution in [1.82, 2.24) is 0 Å². The molecule has 7 fully saturated rings. The van der Waals surface area contributed by atoms with Crippen molar-refractivity contribution in [2.45, 2.75) is 135 Å². The smallest absolute Gasteiger partial charge is 0.293 e. The summed E-state index contributed by atoms with van der Waals surface area (Å²) in [5.41, 5.74) is -3.08. The van der Waals surface area contributed by atoms with Crippen LogP contribution in [0.4, 0.5) is 8.78 Å². The summed E-state index contributed by atoms with van der Waals surface area (Å²) < 4.78 is 43.3. The highest BCUT2D eigenvalue weighted by atomic mass is 19.3. The van der Waals surface area contributed by atoms with Crippen LogP contribution in [-0.2, 0) is 14.3 Å². The number of alkyl halides is 2. The average Bonchev–Trinajstić information content (AvgIpc) is 3.07. The van der Waals surface area contributed by atoms with Crippen LogP contribution in [0.25, 0.3) is 0 Å². The third-order valence-electron chi connectivity index (χ3n) is 14.8. The Balaban J connectivity index is 1.29. The van der Waals surface area contributed by atoms with Crippen molar-refractivity contribution in [1.29, 1.82) is 0 Å². The Kier molecular flexibility index (Phi) is 4.80. The maximum Gasteiger partial charge on any atom is 0.293 e. The molecule has 2 N–H and O–H groups in total. The van der Waals surface area contributed by atoms with E-state index < -0.39 is 29.1 Å². The lowest BCUT2D eigenvalue weighted by Crippen LogP contribution is -2.70. The van der Waals surface area contributed by atoms with Crippen LogP contribution in [0.3, 0.4) is 0 Å². The maximum atomic E-state index is 15.4. The van der Waals surface area contributed by atoms with Crippen molar-refractivity contribution < 1.29 is 33.3 Å². The molecule has 1 saturated heterocycles. The van der Waals surface area contributed by atoms with Gasteiger partial charge in [-0.05, 0) is 98.7 Å². The monoisotopic (exact) mass is 536 g/mol. The predicted octanol–water partition coefficient (Wildman–Crippen LogP) is 5.50. The Morgan fingerprint density at radius 3 is 2.34 bits per heavy atom. The number of carbonyl (C=O) groups is 1. The molecule has 6 saturated carbocycles. The van der Waals surface area contributed by atoms with E-state index in [1.807, 2.05) is 0 Å². The number of halogens is 2. The molecule has 4 spiro atoms. The maximum absolute atomic E-state index is 15.4. The van der Waals surface area contributed by atoms with E-state index in [4.69, 9.17) is 9.47 Å². The molecule has 12 atom stereocenters. The third-order valence-corrected chi connectivity index (χ3v) is 14.8. The fourth-order valence-electron chi connectivity index (χ4n) is 13.5. The summed E-state index contributed by atoms with van der Waals surface area (Å²) in [6, 6.07) is 0. The zero-order chi connectivity index (χ0) is 27.5. The molecular formula is C31H46F2O5. The minimum atomic E-state index is -2.80. The number of ether oxygens (including phenoxy) is 2. The van der Waals surface area contributed by atoms with Gasteiger partial charge in [0.15, 0.2) is 0 Å². The summed E-state index contributed by atoms with van der Waals surface area (Å²) in [7, 11) is 0. The molecule has 1 heterocycles. The van der Waals surface area contributed by atoms with Gasteiger partial charge in [0, 0.05) is 23.7 Å². The summed E-state index contributed by atoms with van der Waals surface area (Å²) in [5.74, 6) is -2.62. The lowest BCUT2D eigenvalue weighted by Gasteiger charge is -2.70. The molecule has 0 aromatic carbocycles. The Morgan fingerprint density at radius 1 is 1.03 bits per heavy atom. The highest BCUT2D eigenvalue weighted by molar-refractivity contribution is 5.42. The van der Waals surface area contributed by atoms with Gasteiger partial charge in [-0.15, -0.1) is 0 Å². The molecule has 6 aliphatic carbocycles. The standard InChI is InChI=1S/C31H46F2O5/c1-17-29-10-9-27-15-28(8-7-21(38-28)25(4,5)36)22(27)18(35)14-26(27,6)20(29)13-19(37-16-34)23-24(2,3)31(32,33)12-11-30(17,23)29/h16-23,35-36H,7-15H2,1-6H3/t17-,18-,19-,20-,21-,22-,23-,26-,27-,28-,29-,30?/m0/s1. The number of aliphatic hydroxyl groups is 2. The normalized spacial score (nSPS) is 59.1. The van der Waals surface area contributed by atoms with Gasteiger partial charge in [0.25, 0.3) is 12.4 Å². The van der Waals surface area contributed by atoms with Crippen LogP contribution >= 0.6 is 0 Å². The highest BCUT2D eigenvalue weighted by Crippen LogP contribution is 2.94. The first-order valence-corrected chi connectivity index (χ1v) is 15.1. The van der Waals surface area contributed by atoms with E-state index >= 15 is 8.78 Å². The van der Waals surface area contributed by atoms with Crippen molar-refractivity contribution >= 4 is 6.47 Å². The summed E-state index contributed by atoms with van der Waals surface area (Å²) in [5, 5.41) is 22.4. The molecule has 1 unspecified atom stereocenters. The lowest BCUT2D eigenvalue weighted by atomic mass is 9.35. The minimum Gasteiger partial charge on any atom is -0.464 e. The van der Waals surface area contributed by atoms with Gasteiger partial charge in [0.2, 0.25) is 0 Å². The van der Waals surface area contributed by atoms with E-state index in [0.29, 0.717) is 31.7 Å². The summed E-state index contributed by atoms with van der Waals surface area (Å²) in [6.07, 6.45) is 4.97. The molecule has 0 aromatic rings. The molecule has 7 heteroatoms. The Labute approximate surface area is 225 Å². The number of hydrogen-bond donors (Lipinski definition) is 2. The van der Waals surface area contributed by atoms with Crippen LogP contribution in [0.2, 0.25) is 0 Å². The van der Waals surface area contributed by atoms with Crippen LogP contribution in [0.15, 0.2) is 0 Å². The van der Waals surface area contributed by atoms with Gasteiger partial charge >= 0.3 is 0 Å². The Bertz CT molecular complexity index is 1070. The second kappa shape index (κ2) is 6.98. The van der Waals surface area contributed by atoms with E-state index in [-0.39, 0.29) is 57.5 Å². The zero-order valence-electron chi connectivity index (χ0n) is 23.9. The second-order valence-corrected chi connectivity index (χ2v) is 16.1. The molecule has 1 aliphatic heterocycles. The number of aliphatic hydroxyl groups excluding tert-OH is 1. The quantitative estimate of drug-likeness (QED) is 0.466. The SMILES string of the molecule is C[C@@H]1C23CCC(F)(F)C(C)(C)[C@@H]2[C@@H](OC=O)C[C@@H]2[C@]13CC[C@]13C[C@@]4(CC[C@@H](C(C)(C)O)O4)[C@H]1[C@@H](O)C[C@@]23C. The largest absolute Gasteiger partial charge is 0.464 e. The molecule has 7 aliphatic rings. The predicted molar refractivity (Wildman–Crippen MR) is 136 cm³/mol. The van der Waals surface area contributed by atoms with E-state index in [9.17, 15) is 15.0 Å². The highest BCUT2D eigenvalue weighted by Gasteiger charge is 2.91. The van der Waals surface area contributed by atoms with Crippen LogP contribution in [-0.4, -0.2) is 52.1 Å². The van der Waals surface area contributed by atoms with Gasteiger partial charge in [-0.1, -0.05) is 27.7 Å².